The highest BCUT2D eigenvalue weighted by Gasteiger charge is 2.16. The summed E-state index contributed by atoms with van der Waals surface area (Å²) in [6, 6.07) is 16.1. The fourth-order valence-electron chi connectivity index (χ4n) is 2.47. The third kappa shape index (κ3) is 5.05. The lowest BCUT2D eigenvalue weighted by atomic mass is 10.2. The van der Waals surface area contributed by atoms with Gasteiger partial charge in [0.15, 0.2) is 0 Å². The molecule has 0 bridgehead atoms. The molecule has 28 heavy (non-hydrogen) atoms. The Bertz CT molecular complexity index is 979. The SMILES string of the molecule is O=C(NCCc1ccccn1)c1ccc(Oc2ccc(Cl)cc2[N+](=O)[O-])cc1. The molecule has 3 aromatic rings. The molecule has 1 heterocycles. The molecule has 7 nitrogen and oxygen atoms in total. The first-order chi connectivity index (χ1) is 13.5. The number of ether oxygens (including phenoxy) is 1. The molecular weight excluding hydrogens is 382 g/mol. The predicted octanol–water partition coefficient (Wildman–Crippen LogP) is 4.41. The number of aromatic nitrogens is 1. The molecule has 8 heteroatoms. The van der Waals surface area contributed by atoms with Crippen LogP contribution >= 0.6 is 11.6 Å². The molecule has 3 rings (SSSR count). The lowest BCUT2D eigenvalue weighted by Crippen LogP contribution is -2.25. The van der Waals surface area contributed by atoms with Gasteiger partial charge in [0, 0.05) is 41.5 Å². The maximum absolute atomic E-state index is 12.2. The van der Waals surface area contributed by atoms with Crippen LogP contribution in [-0.2, 0) is 6.42 Å². The number of carbonyl (C=O) groups excluding carboxylic acids is 1. The van der Waals surface area contributed by atoms with Crippen molar-refractivity contribution in [3.8, 4) is 11.5 Å². The molecular formula is C20H16ClN3O4. The number of benzene rings is 2. The standard InChI is InChI=1S/C20H16ClN3O4/c21-15-6-9-19(18(13-15)24(26)27)28-17-7-4-14(5-8-17)20(25)23-12-10-16-3-1-2-11-22-16/h1-9,11,13H,10,12H2,(H,23,25). The molecule has 0 aliphatic carbocycles. The molecule has 0 fully saturated rings. The smallest absolute Gasteiger partial charge is 0.313 e. The lowest BCUT2D eigenvalue weighted by molar-refractivity contribution is -0.385. The van der Waals surface area contributed by atoms with Crippen LogP contribution in [0, 0.1) is 10.1 Å². The maximum Gasteiger partial charge on any atom is 0.313 e. The quantitative estimate of drug-likeness (QED) is 0.470. The Morgan fingerprint density at radius 1 is 1.14 bits per heavy atom. The van der Waals surface area contributed by atoms with E-state index in [0.717, 1.165) is 5.69 Å². The summed E-state index contributed by atoms with van der Waals surface area (Å²) in [5.74, 6) is 0.220. The van der Waals surface area contributed by atoms with Crippen molar-refractivity contribution in [1.29, 1.82) is 0 Å². The summed E-state index contributed by atoms with van der Waals surface area (Å²) < 4.78 is 5.56. The van der Waals surface area contributed by atoms with Crippen LogP contribution in [0.15, 0.2) is 66.9 Å². The first-order valence-electron chi connectivity index (χ1n) is 8.43. The van der Waals surface area contributed by atoms with Gasteiger partial charge in [0.1, 0.15) is 5.75 Å². The summed E-state index contributed by atoms with van der Waals surface area (Å²) in [4.78, 5) is 27.0. The number of amides is 1. The Morgan fingerprint density at radius 2 is 1.93 bits per heavy atom. The van der Waals surface area contributed by atoms with E-state index >= 15 is 0 Å². The number of nitro groups is 1. The minimum atomic E-state index is -0.565. The van der Waals surface area contributed by atoms with E-state index in [2.05, 4.69) is 10.3 Å². The number of carbonyl (C=O) groups is 1. The summed E-state index contributed by atoms with van der Waals surface area (Å²) in [6.07, 6.45) is 2.34. The van der Waals surface area contributed by atoms with E-state index in [1.807, 2.05) is 18.2 Å². The van der Waals surface area contributed by atoms with Gasteiger partial charge in [-0.05, 0) is 48.5 Å². The van der Waals surface area contributed by atoms with E-state index in [0.29, 0.717) is 24.3 Å². The van der Waals surface area contributed by atoms with Crippen LogP contribution in [0.4, 0.5) is 5.69 Å². The number of nitro benzene ring substituents is 1. The minimum absolute atomic E-state index is 0.0713. The molecule has 1 amide bonds. The number of nitrogens with zero attached hydrogens (tertiary/aromatic N) is 2. The van der Waals surface area contributed by atoms with Crippen molar-refractivity contribution in [3.05, 3.63) is 93.3 Å². The highest BCUT2D eigenvalue weighted by Crippen LogP contribution is 2.33. The van der Waals surface area contributed by atoms with Crippen LogP contribution in [-0.4, -0.2) is 22.4 Å². The maximum atomic E-state index is 12.2. The molecule has 0 atom stereocenters. The van der Waals surface area contributed by atoms with Gasteiger partial charge in [-0.25, -0.2) is 0 Å². The molecule has 0 aliphatic heterocycles. The van der Waals surface area contributed by atoms with E-state index in [1.54, 1.807) is 30.5 Å². The third-order valence-corrected chi connectivity index (χ3v) is 4.09. The van der Waals surface area contributed by atoms with Gasteiger partial charge in [0.25, 0.3) is 5.91 Å². The summed E-state index contributed by atoms with van der Waals surface area (Å²) >= 11 is 5.79. The highest BCUT2D eigenvalue weighted by molar-refractivity contribution is 6.30. The zero-order valence-electron chi connectivity index (χ0n) is 14.7. The number of halogens is 1. The van der Waals surface area contributed by atoms with E-state index in [1.165, 1.54) is 18.2 Å². The zero-order valence-corrected chi connectivity index (χ0v) is 15.4. The molecule has 1 N–H and O–H groups in total. The van der Waals surface area contributed by atoms with Gasteiger partial charge in [-0.1, -0.05) is 17.7 Å². The van der Waals surface area contributed by atoms with E-state index < -0.39 is 4.92 Å². The molecule has 0 radical (unpaired) electrons. The Hall–Kier alpha value is -3.45. The first kappa shape index (κ1) is 19.3. The van der Waals surface area contributed by atoms with Gasteiger partial charge in [-0.15, -0.1) is 0 Å². The Kier molecular flexibility index (Phi) is 6.18. The lowest BCUT2D eigenvalue weighted by Gasteiger charge is -2.08. The molecule has 0 saturated heterocycles. The summed E-state index contributed by atoms with van der Waals surface area (Å²) in [7, 11) is 0. The predicted molar refractivity (Wildman–Crippen MR) is 105 cm³/mol. The monoisotopic (exact) mass is 397 g/mol. The number of hydrogen-bond donors (Lipinski definition) is 1. The molecule has 0 saturated carbocycles. The van der Waals surface area contributed by atoms with E-state index in [4.69, 9.17) is 16.3 Å². The Balaban J connectivity index is 1.60. The molecule has 0 unspecified atom stereocenters. The first-order valence-corrected chi connectivity index (χ1v) is 8.81. The van der Waals surface area contributed by atoms with Crippen LogP contribution in [0.2, 0.25) is 5.02 Å². The number of nitrogens with one attached hydrogen (secondary N) is 1. The topological polar surface area (TPSA) is 94.4 Å². The molecule has 142 valence electrons. The highest BCUT2D eigenvalue weighted by atomic mass is 35.5. The van der Waals surface area contributed by atoms with Crippen LogP contribution in [0.25, 0.3) is 0 Å². The van der Waals surface area contributed by atoms with Gasteiger partial charge in [-0.2, -0.15) is 0 Å². The van der Waals surface area contributed by atoms with Crippen molar-refractivity contribution in [2.45, 2.75) is 6.42 Å². The van der Waals surface area contributed by atoms with E-state index in [9.17, 15) is 14.9 Å². The molecule has 2 aromatic carbocycles. The van der Waals surface area contributed by atoms with Crippen LogP contribution in [0.1, 0.15) is 16.1 Å². The van der Waals surface area contributed by atoms with Crippen molar-refractivity contribution < 1.29 is 14.5 Å². The van der Waals surface area contributed by atoms with Crippen LogP contribution < -0.4 is 10.1 Å². The number of pyridine rings is 1. The van der Waals surface area contributed by atoms with Crippen molar-refractivity contribution in [2.75, 3.05) is 6.54 Å². The Morgan fingerprint density at radius 3 is 2.61 bits per heavy atom. The largest absolute Gasteiger partial charge is 0.450 e. The summed E-state index contributed by atoms with van der Waals surface area (Å²) in [5.41, 5.74) is 1.12. The molecule has 0 spiro atoms. The van der Waals surface area contributed by atoms with Gasteiger partial charge in [0.05, 0.1) is 4.92 Å². The fraction of sp³-hybridized carbons (Fsp3) is 0.100. The minimum Gasteiger partial charge on any atom is -0.450 e. The molecule has 0 aliphatic rings. The normalized spacial score (nSPS) is 10.3. The second kappa shape index (κ2) is 8.96. The van der Waals surface area contributed by atoms with Gasteiger partial charge in [0.2, 0.25) is 5.75 Å². The Labute approximate surface area is 166 Å². The van der Waals surface area contributed by atoms with Gasteiger partial charge >= 0.3 is 5.69 Å². The summed E-state index contributed by atoms with van der Waals surface area (Å²) in [5, 5.41) is 14.2. The second-order valence-corrected chi connectivity index (χ2v) is 6.26. The average Bonchev–Trinajstić information content (AvgIpc) is 2.70. The summed E-state index contributed by atoms with van der Waals surface area (Å²) in [6.45, 7) is 0.463. The fourth-order valence-corrected chi connectivity index (χ4v) is 2.64. The van der Waals surface area contributed by atoms with Crippen molar-refractivity contribution in [1.82, 2.24) is 10.3 Å². The average molecular weight is 398 g/mol. The number of rotatable bonds is 7. The van der Waals surface area contributed by atoms with Gasteiger partial charge in [-0.3, -0.25) is 19.9 Å². The molecule has 1 aromatic heterocycles. The van der Waals surface area contributed by atoms with Crippen molar-refractivity contribution in [3.63, 3.8) is 0 Å². The number of hydrogen-bond acceptors (Lipinski definition) is 5. The second-order valence-electron chi connectivity index (χ2n) is 5.82. The third-order valence-electron chi connectivity index (χ3n) is 3.85. The van der Waals surface area contributed by atoms with Crippen LogP contribution in [0.3, 0.4) is 0 Å². The van der Waals surface area contributed by atoms with Crippen molar-refractivity contribution >= 4 is 23.2 Å². The zero-order chi connectivity index (χ0) is 19.9. The van der Waals surface area contributed by atoms with Crippen molar-refractivity contribution in [2.24, 2.45) is 0 Å². The van der Waals surface area contributed by atoms with Crippen LogP contribution in [0.5, 0.6) is 11.5 Å². The van der Waals surface area contributed by atoms with E-state index in [-0.39, 0.29) is 22.4 Å². The van der Waals surface area contributed by atoms with Gasteiger partial charge < -0.3 is 10.1 Å².